The molecule has 21 nitrogen and oxygen atoms in total. The van der Waals surface area contributed by atoms with Gasteiger partial charge in [-0.05, 0) is 0 Å². The first-order chi connectivity index (χ1) is 21.3. The Morgan fingerprint density at radius 2 is 1.38 bits per heavy atom. The number of nitrogen functional groups attached to an aromatic ring is 2. The number of ether oxygens (including phenoxy) is 2. The topological polar surface area (TPSA) is 295 Å². The number of anilines is 2. The van der Waals surface area contributed by atoms with Crippen LogP contribution in [0.2, 0.25) is 0 Å². The number of nitrogens with two attached hydrogens (primary N) is 2. The number of imidazole rings is 2. The molecule has 3 aliphatic rings. The number of aromatic amines is 1. The number of fused-ring (bicyclic) bond motifs is 4. The average molecular weight is 705 g/mol. The van der Waals surface area contributed by atoms with E-state index in [1.165, 1.54) is 28.1 Å². The van der Waals surface area contributed by atoms with Gasteiger partial charge in [0.05, 0.1) is 38.0 Å². The van der Waals surface area contributed by atoms with E-state index in [1.54, 1.807) is 0 Å². The molecule has 242 valence electrons. The summed E-state index contributed by atoms with van der Waals surface area (Å²) in [5.41, 5.74) is 11.5. The molecular formula is C20H26N12O9P2S2. The van der Waals surface area contributed by atoms with Crippen LogP contribution in [0.15, 0.2) is 23.8 Å². The van der Waals surface area contributed by atoms with Gasteiger partial charge in [0.15, 0.2) is 35.1 Å². The first-order valence-corrected chi connectivity index (χ1v) is 18.7. The molecule has 0 aliphatic carbocycles. The largest absolute Gasteiger partial charge is 0.387 e. The van der Waals surface area contributed by atoms with Crippen molar-refractivity contribution in [1.82, 2.24) is 49.2 Å². The van der Waals surface area contributed by atoms with Crippen molar-refractivity contribution in [2.45, 2.75) is 49.0 Å². The third kappa shape index (κ3) is 5.55. The van der Waals surface area contributed by atoms with E-state index in [0.717, 1.165) is 0 Å². The minimum atomic E-state index is -4.04. The highest BCUT2D eigenvalue weighted by Crippen LogP contribution is 2.54. The SMILES string of the molecule is Nc1nc2c(ncn2[C@@H]2O[C@@H]3CO[P@](=O)(S)N[C@H]4[C@@H](O)[C@H](n5cnc6c(N)ncnc65)O[C@@H]4CO[P@@](=O)(S)N[C@H]3[C@H]2O)c(=O)[nH]1. The first-order valence-electron chi connectivity index (χ1n) is 13.1. The van der Waals surface area contributed by atoms with E-state index in [2.05, 4.69) is 64.6 Å². The van der Waals surface area contributed by atoms with Crippen LogP contribution in [0.5, 0.6) is 0 Å². The number of aromatic nitrogens is 8. The molecule has 9 N–H and O–H groups in total. The molecule has 7 heterocycles. The van der Waals surface area contributed by atoms with Crippen molar-refractivity contribution in [1.29, 1.82) is 0 Å². The number of aliphatic hydroxyl groups is 2. The molecule has 25 heteroatoms. The van der Waals surface area contributed by atoms with Crippen LogP contribution in [0.1, 0.15) is 12.5 Å². The third-order valence-corrected chi connectivity index (χ3v) is 11.2. The van der Waals surface area contributed by atoms with Gasteiger partial charge < -0.3 is 40.2 Å². The Bertz CT molecular complexity index is 1940. The number of H-pyrrole nitrogens is 1. The van der Waals surface area contributed by atoms with Crippen LogP contribution >= 0.6 is 37.9 Å². The highest BCUT2D eigenvalue weighted by molar-refractivity contribution is 8.45. The molecule has 4 aromatic rings. The Morgan fingerprint density at radius 3 is 1.96 bits per heavy atom. The highest BCUT2D eigenvalue weighted by atomic mass is 32.7. The lowest BCUT2D eigenvalue weighted by Gasteiger charge is -2.30. The van der Waals surface area contributed by atoms with Gasteiger partial charge >= 0.3 is 13.4 Å². The van der Waals surface area contributed by atoms with E-state index in [4.69, 9.17) is 30.0 Å². The van der Waals surface area contributed by atoms with Gasteiger partial charge in [0, 0.05) is 0 Å². The molecule has 10 atom stereocenters. The second kappa shape index (κ2) is 11.2. The van der Waals surface area contributed by atoms with Gasteiger partial charge in [-0.2, -0.15) is 4.98 Å². The number of hydrogen-bond acceptors (Lipinski definition) is 16. The van der Waals surface area contributed by atoms with E-state index >= 15 is 0 Å². The van der Waals surface area contributed by atoms with Crippen molar-refractivity contribution in [2.24, 2.45) is 0 Å². The number of nitrogens with zero attached hydrogens (tertiary/aromatic N) is 7. The standard InChI is InChI=1S/C20H26N12O9P2S2/c21-14-10-15(24-3-23-14)31(4-25-10)18-12(33)8-6(40-18)1-38-43(37,45)30-9-7(2-39-42(36,44)29-8)41-19(13(9)34)32-5-26-11-16(32)27-20(22)28-17(11)35/h3-9,12-13,18-19,33-34H,1-2H2,(H2,21,23,24)(H2,29,36,44)(H2,30,37,45)(H3,22,27,28,35)/t6-,7-,8-,9-,12-,13-,18-,19-,42+,43-/m1/s1. The van der Waals surface area contributed by atoms with Crippen LogP contribution in [0.25, 0.3) is 22.3 Å². The van der Waals surface area contributed by atoms with Crippen molar-refractivity contribution in [3.63, 3.8) is 0 Å². The molecule has 0 unspecified atom stereocenters. The Labute approximate surface area is 261 Å². The maximum absolute atomic E-state index is 13.5. The Hall–Kier alpha value is -2.66. The summed E-state index contributed by atoms with van der Waals surface area (Å²) in [6.45, 7) is -8.97. The van der Waals surface area contributed by atoms with E-state index in [9.17, 15) is 24.1 Å². The second-order valence-corrected chi connectivity index (χ2v) is 16.7. The third-order valence-electron chi connectivity index (χ3n) is 7.59. The highest BCUT2D eigenvalue weighted by Gasteiger charge is 2.52. The molecule has 0 bridgehead atoms. The van der Waals surface area contributed by atoms with Crippen LogP contribution < -0.4 is 27.2 Å². The van der Waals surface area contributed by atoms with Gasteiger partial charge in [0.1, 0.15) is 36.3 Å². The van der Waals surface area contributed by atoms with Crippen LogP contribution in [0, 0.1) is 0 Å². The fourth-order valence-corrected chi connectivity index (χ4v) is 8.97. The summed E-state index contributed by atoms with van der Waals surface area (Å²) in [6, 6.07) is -2.31. The van der Waals surface area contributed by atoms with Gasteiger partial charge in [0.25, 0.3) is 5.56 Å². The Morgan fingerprint density at radius 1 is 0.844 bits per heavy atom. The van der Waals surface area contributed by atoms with E-state index < -0.39 is 81.2 Å². The molecule has 3 aliphatic heterocycles. The van der Waals surface area contributed by atoms with Crippen molar-refractivity contribution in [3.05, 3.63) is 29.3 Å². The Kier molecular flexibility index (Phi) is 7.74. The lowest BCUT2D eigenvalue weighted by molar-refractivity contribution is -0.0464. The normalized spacial score (nSPS) is 37.7. The molecule has 3 fully saturated rings. The van der Waals surface area contributed by atoms with Crippen molar-refractivity contribution >= 4 is 72.0 Å². The number of thiol groups is 2. The minimum absolute atomic E-state index is 0.0127. The zero-order valence-corrected chi connectivity index (χ0v) is 26.2. The van der Waals surface area contributed by atoms with Gasteiger partial charge in [-0.25, -0.2) is 30.1 Å². The number of aliphatic hydroxyl groups excluding tert-OH is 2. The van der Waals surface area contributed by atoms with E-state index in [0.29, 0.717) is 0 Å². The van der Waals surface area contributed by atoms with Crippen LogP contribution in [0.3, 0.4) is 0 Å². The Balaban J connectivity index is 1.17. The van der Waals surface area contributed by atoms with Crippen molar-refractivity contribution in [2.75, 3.05) is 24.7 Å². The molecule has 4 aromatic heterocycles. The van der Waals surface area contributed by atoms with Crippen LogP contribution in [0.4, 0.5) is 11.8 Å². The second-order valence-electron chi connectivity index (χ2n) is 10.4. The number of nitrogens with one attached hydrogen (secondary N) is 3. The zero-order valence-electron chi connectivity index (χ0n) is 22.6. The molecule has 3 saturated heterocycles. The van der Waals surface area contributed by atoms with E-state index in [-0.39, 0.29) is 34.1 Å². The maximum Gasteiger partial charge on any atom is 0.324 e. The van der Waals surface area contributed by atoms with Crippen LogP contribution in [-0.4, -0.2) is 99.0 Å². The lowest BCUT2D eigenvalue weighted by atomic mass is 10.1. The lowest BCUT2D eigenvalue weighted by Crippen LogP contribution is -2.47. The summed E-state index contributed by atoms with van der Waals surface area (Å²) >= 11 is 8.38. The van der Waals surface area contributed by atoms with E-state index in [1.807, 2.05) is 0 Å². The predicted molar refractivity (Wildman–Crippen MR) is 161 cm³/mol. The van der Waals surface area contributed by atoms with Crippen molar-refractivity contribution < 1.29 is 37.9 Å². The fraction of sp³-hybridized carbons (Fsp3) is 0.500. The average Bonchev–Trinajstić information content (AvgIpc) is 3.72. The summed E-state index contributed by atoms with van der Waals surface area (Å²) in [4.78, 5) is 35.0. The monoisotopic (exact) mass is 704 g/mol. The minimum Gasteiger partial charge on any atom is -0.387 e. The zero-order chi connectivity index (χ0) is 31.8. The maximum atomic E-state index is 13.5. The molecule has 7 rings (SSSR count). The molecular weight excluding hydrogens is 678 g/mol. The first kappa shape index (κ1) is 31.0. The number of hydrogen-bond donors (Lipinski definition) is 9. The predicted octanol–water partition coefficient (Wildman–Crippen LogP) is -1.32. The quantitative estimate of drug-likeness (QED) is 0.0863. The number of rotatable bonds is 2. The molecule has 0 amide bonds. The van der Waals surface area contributed by atoms with Gasteiger partial charge in [-0.3, -0.25) is 28.0 Å². The van der Waals surface area contributed by atoms with Gasteiger partial charge in [-0.15, -0.1) is 0 Å². The molecule has 45 heavy (non-hydrogen) atoms. The molecule has 0 aromatic carbocycles. The van der Waals surface area contributed by atoms with Crippen molar-refractivity contribution in [3.8, 4) is 0 Å². The summed E-state index contributed by atoms with van der Waals surface area (Å²) in [7, 11) is 0. The molecule has 0 radical (unpaired) electrons. The fourth-order valence-electron chi connectivity index (χ4n) is 5.53. The summed E-state index contributed by atoms with van der Waals surface area (Å²) in [6.07, 6.45) is -3.65. The smallest absolute Gasteiger partial charge is 0.324 e. The molecule has 0 saturated carbocycles. The van der Waals surface area contributed by atoms with Gasteiger partial charge in [-0.1, -0.05) is 24.5 Å². The summed E-state index contributed by atoms with van der Waals surface area (Å²) < 4.78 is 53.1. The summed E-state index contributed by atoms with van der Waals surface area (Å²) in [5.74, 6) is -0.0807. The van der Waals surface area contributed by atoms with Gasteiger partial charge in [0.2, 0.25) is 5.95 Å². The summed E-state index contributed by atoms with van der Waals surface area (Å²) in [5, 5.41) is 28.0. The van der Waals surface area contributed by atoms with Crippen LogP contribution in [-0.2, 0) is 27.7 Å². The molecule has 0 spiro atoms.